The van der Waals surface area contributed by atoms with Crippen molar-refractivity contribution in [2.45, 2.75) is 18.8 Å². The zero-order valence-electron chi connectivity index (χ0n) is 12.1. The summed E-state index contributed by atoms with van der Waals surface area (Å²) >= 11 is 6.21. The van der Waals surface area contributed by atoms with Crippen molar-refractivity contribution in [3.8, 4) is 11.3 Å². The quantitative estimate of drug-likeness (QED) is 0.909. The molecule has 2 aromatic rings. The van der Waals surface area contributed by atoms with Crippen LogP contribution in [0.3, 0.4) is 0 Å². The first-order valence-corrected chi connectivity index (χ1v) is 7.75. The molecular formula is C16H18ClN3O2. The van der Waals surface area contributed by atoms with E-state index in [1.165, 1.54) is 0 Å². The number of piperidine rings is 1. The Kier molecular flexibility index (Phi) is 4.45. The topological polar surface area (TPSA) is 69.2 Å². The summed E-state index contributed by atoms with van der Waals surface area (Å²) < 4.78 is 0. The Bertz CT molecular complexity index is 663. The van der Waals surface area contributed by atoms with Crippen LogP contribution in [0, 0.1) is 0 Å². The van der Waals surface area contributed by atoms with Gasteiger partial charge >= 0.3 is 5.97 Å². The molecule has 0 saturated carbocycles. The Balaban J connectivity index is 1.68. The number of benzene rings is 1. The molecule has 2 heterocycles. The maximum atomic E-state index is 10.7. The molecule has 1 aromatic carbocycles. The van der Waals surface area contributed by atoms with Crippen molar-refractivity contribution in [1.82, 2.24) is 15.1 Å². The number of carboxylic acids is 1. The van der Waals surface area contributed by atoms with Gasteiger partial charge in [-0.2, -0.15) is 5.10 Å². The number of nitrogens with one attached hydrogen (secondary N) is 1. The fraction of sp³-hybridized carbons (Fsp3) is 0.375. The average molecular weight is 320 g/mol. The van der Waals surface area contributed by atoms with Crippen molar-refractivity contribution in [2.75, 3.05) is 19.6 Å². The van der Waals surface area contributed by atoms with E-state index in [0.29, 0.717) is 10.9 Å². The van der Waals surface area contributed by atoms with E-state index in [9.17, 15) is 4.79 Å². The second-order valence-corrected chi connectivity index (χ2v) is 6.04. The van der Waals surface area contributed by atoms with Crippen molar-refractivity contribution in [2.24, 2.45) is 0 Å². The maximum Gasteiger partial charge on any atom is 0.317 e. The van der Waals surface area contributed by atoms with Crippen molar-refractivity contribution in [1.29, 1.82) is 0 Å². The molecule has 1 aromatic heterocycles. The Morgan fingerprint density at radius 1 is 1.36 bits per heavy atom. The highest BCUT2D eigenvalue weighted by Crippen LogP contribution is 2.31. The fourth-order valence-electron chi connectivity index (χ4n) is 2.95. The fourth-order valence-corrected chi connectivity index (χ4v) is 3.18. The largest absolute Gasteiger partial charge is 0.480 e. The van der Waals surface area contributed by atoms with Gasteiger partial charge in [0.05, 0.1) is 17.3 Å². The lowest BCUT2D eigenvalue weighted by Crippen LogP contribution is -2.36. The zero-order chi connectivity index (χ0) is 15.5. The molecule has 2 N–H and O–H groups in total. The van der Waals surface area contributed by atoms with Gasteiger partial charge in [-0.25, -0.2) is 0 Å². The van der Waals surface area contributed by atoms with Crippen LogP contribution in [0.15, 0.2) is 30.3 Å². The van der Waals surface area contributed by atoms with Gasteiger partial charge in [-0.15, -0.1) is 0 Å². The van der Waals surface area contributed by atoms with Gasteiger partial charge < -0.3 is 5.11 Å². The average Bonchev–Trinajstić information content (AvgIpc) is 2.97. The first-order chi connectivity index (χ1) is 10.6. The van der Waals surface area contributed by atoms with E-state index in [4.69, 9.17) is 16.7 Å². The van der Waals surface area contributed by atoms with Crippen LogP contribution < -0.4 is 0 Å². The molecule has 6 heteroatoms. The highest BCUT2D eigenvalue weighted by atomic mass is 35.5. The standard InChI is InChI=1S/C16H18ClN3O2/c17-13-4-2-1-3-12(13)15-9-14(18-19-15)11-5-7-20(8-6-11)10-16(21)22/h1-4,9,11H,5-8,10H2,(H,18,19)(H,21,22). The third-order valence-corrected chi connectivity index (χ3v) is 4.46. The minimum Gasteiger partial charge on any atom is -0.480 e. The van der Waals surface area contributed by atoms with E-state index >= 15 is 0 Å². The lowest BCUT2D eigenvalue weighted by molar-refractivity contribution is -0.138. The molecule has 0 radical (unpaired) electrons. The number of carboxylic acid groups (broad SMARTS) is 1. The SMILES string of the molecule is O=C(O)CN1CCC(c2cc(-c3ccccc3Cl)n[nH]2)CC1. The van der Waals surface area contributed by atoms with Crippen LogP contribution in [0.4, 0.5) is 0 Å². The van der Waals surface area contributed by atoms with Crippen LogP contribution in [0.25, 0.3) is 11.3 Å². The molecular weight excluding hydrogens is 302 g/mol. The van der Waals surface area contributed by atoms with Crippen LogP contribution in [0.2, 0.25) is 5.02 Å². The number of aromatic nitrogens is 2. The molecule has 5 nitrogen and oxygen atoms in total. The first-order valence-electron chi connectivity index (χ1n) is 7.38. The molecule has 1 saturated heterocycles. The predicted octanol–water partition coefficient (Wildman–Crippen LogP) is 2.99. The van der Waals surface area contributed by atoms with Crippen LogP contribution in [0.5, 0.6) is 0 Å². The number of likely N-dealkylation sites (tertiary alicyclic amines) is 1. The summed E-state index contributed by atoms with van der Waals surface area (Å²) in [6.45, 7) is 1.73. The van der Waals surface area contributed by atoms with E-state index < -0.39 is 5.97 Å². The number of aromatic amines is 1. The number of carbonyl (C=O) groups is 1. The summed E-state index contributed by atoms with van der Waals surface area (Å²) in [7, 11) is 0. The van der Waals surface area contributed by atoms with Gasteiger partial charge in [-0.05, 0) is 38.1 Å². The molecule has 1 aliphatic rings. The molecule has 22 heavy (non-hydrogen) atoms. The van der Waals surface area contributed by atoms with E-state index in [2.05, 4.69) is 16.3 Å². The Morgan fingerprint density at radius 3 is 2.77 bits per heavy atom. The maximum absolute atomic E-state index is 10.7. The van der Waals surface area contributed by atoms with Crippen molar-refractivity contribution in [3.05, 3.63) is 41.0 Å². The Labute approximate surface area is 133 Å². The van der Waals surface area contributed by atoms with Gasteiger partial charge in [0, 0.05) is 17.2 Å². The van der Waals surface area contributed by atoms with Gasteiger partial charge in [0.1, 0.15) is 0 Å². The smallest absolute Gasteiger partial charge is 0.317 e. The van der Waals surface area contributed by atoms with Crippen LogP contribution >= 0.6 is 11.6 Å². The number of hydrogen-bond donors (Lipinski definition) is 2. The Morgan fingerprint density at radius 2 is 2.09 bits per heavy atom. The monoisotopic (exact) mass is 319 g/mol. The van der Waals surface area contributed by atoms with Gasteiger partial charge in [-0.3, -0.25) is 14.8 Å². The molecule has 0 aliphatic carbocycles. The lowest BCUT2D eigenvalue weighted by Gasteiger charge is -2.30. The van der Waals surface area contributed by atoms with Crippen molar-refractivity contribution in [3.63, 3.8) is 0 Å². The molecule has 0 atom stereocenters. The van der Waals surface area contributed by atoms with Crippen LogP contribution in [-0.2, 0) is 4.79 Å². The molecule has 1 fully saturated rings. The van der Waals surface area contributed by atoms with Gasteiger partial charge in [0.25, 0.3) is 0 Å². The molecule has 0 unspecified atom stereocenters. The van der Waals surface area contributed by atoms with Gasteiger partial charge in [-0.1, -0.05) is 29.8 Å². The highest BCUT2D eigenvalue weighted by molar-refractivity contribution is 6.33. The number of hydrogen-bond acceptors (Lipinski definition) is 3. The minimum absolute atomic E-state index is 0.126. The number of H-pyrrole nitrogens is 1. The summed E-state index contributed by atoms with van der Waals surface area (Å²) in [5.41, 5.74) is 2.88. The lowest BCUT2D eigenvalue weighted by atomic mass is 9.93. The van der Waals surface area contributed by atoms with E-state index in [1.54, 1.807) is 0 Å². The summed E-state index contributed by atoms with van der Waals surface area (Å²) in [6.07, 6.45) is 1.88. The van der Waals surface area contributed by atoms with E-state index in [-0.39, 0.29) is 6.54 Å². The summed E-state index contributed by atoms with van der Waals surface area (Å²) in [6, 6.07) is 9.71. The van der Waals surface area contributed by atoms with Gasteiger partial charge in [0.2, 0.25) is 0 Å². The number of rotatable bonds is 4. The molecule has 1 aliphatic heterocycles. The molecule has 0 spiro atoms. The second kappa shape index (κ2) is 6.50. The molecule has 0 amide bonds. The third-order valence-electron chi connectivity index (χ3n) is 4.13. The molecule has 116 valence electrons. The van der Waals surface area contributed by atoms with Crippen LogP contribution in [0.1, 0.15) is 24.5 Å². The summed E-state index contributed by atoms with van der Waals surface area (Å²) in [5.74, 6) is -0.366. The molecule has 3 rings (SSSR count). The van der Waals surface area contributed by atoms with E-state index in [0.717, 1.165) is 42.9 Å². The number of halogens is 1. The van der Waals surface area contributed by atoms with Gasteiger partial charge in [0.15, 0.2) is 0 Å². The molecule has 0 bridgehead atoms. The minimum atomic E-state index is -0.763. The normalized spacial score (nSPS) is 16.8. The highest BCUT2D eigenvalue weighted by Gasteiger charge is 2.23. The van der Waals surface area contributed by atoms with Crippen molar-refractivity contribution >= 4 is 17.6 Å². The first kappa shape index (κ1) is 15.1. The summed E-state index contributed by atoms with van der Waals surface area (Å²) in [5, 5.41) is 17.0. The van der Waals surface area contributed by atoms with E-state index in [1.807, 2.05) is 29.2 Å². The third kappa shape index (κ3) is 3.31. The predicted molar refractivity (Wildman–Crippen MR) is 85.1 cm³/mol. The number of nitrogens with zero attached hydrogens (tertiary/aromatic N) is 2. The second-order valence-electron chi connectivity index (χ2n) is 5.63. The number of aliphatic carboxylic acids is 1. The van der Waals surface area contributed by atoms with Crippen molar-refractivity contribution < 1.29 is 9.90 Å². The Hall–Kier alpha value is -1.85. The zero-order valence-corrected chi connectivity index (χ0v) is 12.9. The van der Waals surface area contributed by atoms with Crippen LogP contribution in [-0.4, -0.2) is 45.8 Å². The summed E-state index contributed by atoms with van der Waals surface area (Å²) in [4.78, 5) is 12.7.